The van der Waals surface area contributed by atoms with Crippen LogP contribution in [0.15, 0.2) is 22.2 Å². The Morgan fingerprint density at radius 3 is 3.08 bits per heavy atom. The van der Waals surface area contributed by atoms with Crippen LogP contribution in [0.25, 0.3) is 10.6 Å². The lowest BCUT2D eigenvalue weighted by molar-refractivity contribution is 1.29. The standard InChI is InChI=1S/C8H4BrN3S/c9-5-1-7(13-3-5)8-6(2-10)11-4-12-8/h1,3-4H,(H,11,12). The van der Waals surface area contributed by atoms with Gasteiger partial charge < -0.3 is 4.98 Å². The van der Waals surface area contributed by atoms with Crippen LogP contribution in [0.3, 0.4) is 0 Å². The molecule has 64 valence electrons. The maximum absolute atomic E-state index is 8.74. The van der Waals surface area contributed by atoms with Crippen molar-refractivity contribution >= 4 is 27.3 Å². The fourth-order valence-corrected chi connectivity index (χ4v) is 2.45. The number of nitrogens with zero attached hydrogens (tertiary/aromatic N) is 2. The normalized spacial score (nSPS) is 9.85. The van der Waals surface area contributed by atoms with Gasteiger partial charge in [-0.25, -0.2) is 4.98 Å². The number of nitrogens with one attached hydrogen (secondary N) is 1. The van der Waals surface area contributed by atoms with Gasteiger partial charge in [-0.1, -0.05) is 0 Å². The molecule has 0 aliphatic rings. The van der Waals surface area contributed by atoms with Crippen LogP contribution in [0.5, 0.6) is 0 Å². The molecular formula is C8H4BrN3S. The van der Waals surface area contributed by atoms with Crippen molar-refractivity contribution in [2.45, 2.75) is 0 Å². The van der Waals surface area contributed by atoms with Crippen molar-refractivity contribution < 1.29 is 0 Å². The van der Waals surface area contributed by atoms with E-state index in [1.807, 2.05) is 17.5 Å². The second-order valence-electron chi connectivity index (χ2n) is 2.37. The molecule has 13 heavy (non-hydrogen) atoms. The van der Waals surface area contributed by atoms with Gasteiger partial charge in [0.25, 0.3) is 0 Å². The highest BCUT2D eigenvalue weighted by Crippen LogP contribution is 2.29. The predicted molar refractivity (Wildman–Crippen MR) is 54.3 cm³/mol. The van der Waals surface area contributed by atoms with E-state index in [1.54, 1.807) is 11.3 Å². The van der Waals surface area contributed by atoms with Crippen molar-refractivity contribution in [1.82, 2.24) is 9.97 Å². The first-order chi connectivity index (χ1) is 6.31. The number of halogens is 1. The molecule has 0 aliphatic carbocycles. The topological polar surface area (TPSA) is 52.5 Å². The summed E-state index contributed by atoms with van der Waals surface area (Å²) in [6, 6.07) is 3.99. The number of hydrogen-bond acceptors (Lipinski definition) is 3. The number of aromatic amines is 1. The SMILES string of the molecule is N#Cc1nc[nH]c1-c1cc(Br)cs1. The van der Waals surface area contributed by atoms with Crippen LogP contribution in [0.2, 0.25) is 0 Å². The van der Waals surface area contributed by atoms with Crippen molar-refractivity contribution in [3.63, 3.8) is 0 Å². The molecule has 0 aromatic carbocycles. The van der Waals surface area contributed by atoms with Crippen molar-refractivity contribution in [1.29, 1.82) is 5.26 Å². The summed E-state index contributed by atoms with van der Waals surface area (Å²) < 4.78 is 1.02. The van der Waals surface area contributed by atoms with Gasteiger partial charge >= 0.3 is 0 Å². The van der Waals surface area contributed by atoms with Gasteiger partial charge in [0, 0.05) is 9.85 Å². The molecule has 0 fully saturated rings. The maximum atomic E-state index is 8.74. The fraction of sp³-hybridized carbons (Fsp3) is 0. The summed E-state index contributed by atoms with van der Waals surface area (Å²) >= 11 is 4.92. The second-order valence-corrected chi connectivity index (χ2v) is 4.19. The number of thiophene rings is 1. The first kappa shape index (κ1) is 8.48. The number of imidazole rings is 1. The predicted octanol–water partition coefficient (Wildman–Crippen LogP) is 2.77. The molecule has 0 amide bonds. The van der Waals surface area contributed by atoms with Gasteiger partial charge in [-0.3, -0.25) is 0 Å². The number of nitriles is 1. The molecule has 3 nitrogen and oxygen atoms in total. The summed E-state index contributed by atoms with van der Waals surface area (Å²) in [6.45, 7) is 0. The summed E-state index contributed by atoms with van der Waals surface area (Å²) in [6.07, 6.45) is 1.53. The van der Waals surface area contributed by atoms with E-state index in [0.29, 0.717) is 5.69 Å². The van der Waals surface area contributed by atoms with Crippen LogP contribution < -0.4 is 0 Å². The lowest BCUT2D eigenvalue weighted by Crippen LogP contribution is -1.77. The molecule has 0 atom stereocenters. The highest BCUT2D eigenvalue weighted by Gasteiger charge is 2.08. The molecule has 0 bridgehead atoms. The van der Waals surface area contributed by atoms with E-state index in [0.717, 1.165) is 15.0 Å². The molecule has 0 radical (unpaired) electrons. The quantitative estimate of drug-likeness (QED) is 0.850. The van der Waals surface area contributed by atoms with Crippen LogP contribution in [0.4, 0.5) is 0 Å². The molecule has 2 rings (SSSR count). The van der Waals surface area contributed by atoms with Gasteiger partial charge in [-0.05, 0) is 22.0 Å². The highest BCUT2D eigenvalue weighted by molar-refractivity contribution is 9.10. The smallest absolute Gasteiger partial charge is 0.167 e. The average Bonchev–Trinajstić information content (AvgIpc) is 2.71. The van der Waals surface area contributed by atoms with E-state index in [-0.39, 0.29) is 0 Å². The second kappa shape index (κ2) is 3.32. The number of hydrogen-bond donors (Lipinski definition) is 1. The zero-order valence-corrected chi connectivity index (χ0v) is 8.82. The minimum atomic E-state index is 0.439. The number of H-pyrrole nitrogens is 1. The summed E-state index contributed by atoms with van der Waals surface area (Å²) in [5.41, 5.74) is 1.23. The van der Waals surface area contributed by atoms with Crippen LogP contribution >= 0.6 is 27.3 Å². The molecular weight excluding hydrogens is 250 g/mol. The molecule has 1 N–H and O–H groups in total. The van der Waals surface area contributed by atoms with E-state index >= 15 is 0 Å². The van der Waals surface area contributed by atoms with Gasteiger partial charge in [0.1, 0.15) is 6.07 Å². The van der Waals surface area contributed by atoms with Crippen LogP contribution in [-0.4, -0.2) is 9.97 Å². The first-order valence-corrected chi connectivity index (χ1v) is 5.16. The van der Waals surface area contributed by atoms with Crippen molar-refractivity contribution in [3.8, 4) is 16.6 Å². The zero-order chi connectivity index (χ0) is 9.26. The summed E-state index contributed by atoms with van der Waals surface area (Å²) in [5, 5.41) is 10.7. The van der Waals surface area contributed by atoms with E-state index in [9.17, 15) is 0 Å². The van der Waals surface area contributed by atoms with Crippen molar-refractivity contribution in [2.24, 2.45) is 0 Å². The number of rotatable bonds is 1. The van der Waals surface area contributed by atoms with Gasteiger partial charge in [0.2, 0.25) is 0 Å². The summed E-state index contributed by atoms with van der Waals surface area (Å²) in [4.78, 5) is 7.85. The molecule has 2 heterocycles. The molecule has 0 unspecified atom stereocenters. The van der Waals surface area contributed by atoms with Crippen molar-refractivity contribution in [2.75, 3.05) is 0 Å². The van der Waals surface area contributed by atoms with E-state index < -0.39 is 0 Å². The minimum absolute atomic E-state index is 0.439. The Labute approximate surface area is 87.2 Å². The molecule has 0 saturated heterocycles. The maximum Gasteiger partial charge on any atom is 0.167 e. The lowest BCUT2D eigenvalue weighted by atomic mass is 10.3. The molecule has 0 spiro atoms. The Morgan fingerprint density at radius 2 is 2.46 bits per heavy atom. The monoisotopic (exact) mass is 253 g/mol. The Morgan fingerprint density at radius 1 is 1.62 bits per heavy atom. The third-order valence-corrected chi connectivity index (χ3v) is 3.27. The first-order valence-electron chi connectivity index (χ1n) is 3.49. The average molecular weight is 254 g/mol. The number of aromatic nitrogens is 2. The van der Waals surface area contributed by atoms with Gasteiger partial charge in [-0.15, -0.1) is 11.3 Å². The van der Waals surface area contributed by atoms with E-state index in [1.165, 1.54) is 6.33 Å². The molecule has 0 aliphatic heterocycles. The fourth-order valence-electron chi connectivity index (χ4n) is 1.01. The van der Waals surface area contributed by atoms with Gasteiger partial charge in [0.15, 0.2) is 5.69 Å². The van der Waals surface area contributed by atoms with Crippen LogP contribution in [0, 0.1) is 11.3 Å². The Kier molecular flexibility index (Phi) is 2.17. The molecule has 2 aromatic rings. The third kappa shape index (κ3) is 1.50. The molecule has 0 saturated carbocycles. The summed E-state index contributed by atoms with van der Waals surface area (Å²) in [5.74, 6) is 0. The molecule has 2 aromatic heterocycles. The largest absolute Gasteiger partial charge is 0.343 e. The highest BCUT2D eigenvalue weighted by atomic mass is 79.9. The molecule has 5 heteroatoms. The van der Waals surface area contributed by atoms with Gasteiger partial charge in [-0.2, -0.15) is 5.26 Å². The van der Waals surface area contributed by atoms with Crippen LogP contribution in [0.1, 0.15) is 5.69 Å². The Hall–Kier alpha value is -1.12. The van der Waals surface area contributed by atoms with E-state index in [2.05, 4.69) is 25.9 Å². The Bertz CT molecular complexity index is 466. The van der Waals surface area contributed by atoms with Gasteiger partial charge in [0.05, 0.1) is 16.9 Å². The zero-order valence-electron chi connectivity index (χ0n) is 6.41. The minimum Gasteiger partial charge on any atom is -0.343 e. The lowest BCUT2D eigenvalue weighted by Gasteiger charge is -1.89. The third-order valence-electron chi connectivity index (χ3n) is 1.56. The van der Waals surface area contributed by atoms with Crippen molar-refractivity contribution in [3.05, 3.63) is 27.9 Å². The Balaban J connectivity index is 2.53. The summed E-state index contributed by atoms with van der Waals surface area (Å²) in [7, 11) is 0. The van der Waals surface area contributed by atoms with E-state index in [4.69, 9.17) is 5.26 Å². The van der Waals surface area contributed by atoms with Crippen LogP contribution in [-0.2, 0) is 0 Å².